The van der Waals surface area contributed by atoms with Gasteiger partial charge in [-0.15, -0.1) is 0 Å². The standard InChI is InChI=1S/C13H26O2/c1-9(2)13(15-4)12(14)11-7-5-6-10(3)8-11/h9-14H,5-8H2,1-4H3. The van der Waals surface area contributed by atoms with Crippen molar-refractivity contribution in [3.05, 3.63) is 0 Å². The van der Waals surface area contributed by atoms with E-state index in [-0.39, 0.29) is 12.2 Å². The molecule has 0 bridgehead atoms. The fourth-order valence-electron chi connectivity index (χ4n) is 2.87. The third-order valence-electron chi connectivity index (χ3n) is 3.73. The molecule has 0 aliphatic heterocycles. The van der Waals surface area contributed by atoms with Gasteiger partial charge in [0.05, 0.1) is 12.2 Å². The Balaban J connectivity index is 2.53. The maximum Gasteiger partial charge on any atom is 0.0855 e. The van der Waals surface area contributed by atoms with Crippen LogP contribution in [0.5, 0.6) is 0 Å². The minimum Gasteiger partial charge on any atom is -0.390 e. The molecule has 1 aliphatic rings. The zero-order chi connectivity index (χ0) is 11.4. The van der Waals surface area contributed by atoms with Gasteiger partial charge < -0.3 is 9.84 Å². The Kier molecular flexibility index (Phi) is 5.07. The molecule has 2 nitrogen and oxygen atoms in total. The van der Waals surface area contributed by atoms with E-state index in [0.717, 1.165) is 18.8 Å². The Morgan fingerprint density at radius 2 is 1.93 bits per heavy atom. The van der Waals surface area contributed by atoms with Crippen LogP contribution in [0.25, 0.3) is 0 Å². The highest BCUT2D eigenvalue weighted by Crippen LogP contribution is 2.33. The Labute approximate surface area is 94.0 Å². The molecule has 2 heteroatoms. The van der Waals surface area contributed by atoms with Gasteiger partial charge in [-0.3, -0.25) is 0 Å². The normalized spacial score (nSPS) is 31.6. The van der Waals surface area contributed by atoms with Crippen molar-refractivity contribution in [1.82, 2.24) is 0 Å². The molecular formula is C13H26O2. The van der Waals surface area contributed by atoms with Crippen molar-refractivity contribution in [2.45, 2.75) is 58.7 Å². The van der Waals surface area contributed by atoms with Crippen molar-refractivity contribution in [3.8, 4) is 0 Å². The second kappa shape index (κ2) is 5.86. The highest BCUT2D eigenvalue weighted by molar-refractivity contribution is 4.83. The number of aliphatic hydroxyl groups is 1. The van der Waals surface area contributed by atoms with Crippen molar-refractivity contribution in [1.29, 1.82) is 0 Å². The number of hydrogen-bond acceptors (Lipinski definition) is 2. The highest BCUT2D eigenvalue weighted by Gasteiger charge is 2.32. The van der Waals surface area contributed by atoms with Crippen molar-refractivity contribution in [3.63, 3.8) is 0 Å². The first-order valence-electron chi connectivity index (χ1n) is 6.27. The van der Waals surface area contributed by atoms with E-state index in [9.17, 15) is 5.11 Å². The van der Waals surface area contributed by atoms with Crippen LogP contribution in [0.15, 0.2) is 0 Å². The van der Waals surface area contributed by atoms with E-state index in [2.05, 4.69) is 20.8 Å². The fourth-order valence-corrected chi connectivity index (χ4v) is 2.87. The minimum atomic E-state index is -0.280. The van der Waals surface area contributed by atoms with Crippen LogP contribution in [0.4, 0.5) is 0 Å². The van der Waals surface area contributed by atoms with Crippen molar-refractivity contribution >= 4 is 0 Å². The molecule has 1 saturated carbocycles. The Hall–Kier alpha value is -0.0800. The predicted octanol–water partition coefficient (Wildman–Crippen LogP) is 2.84. The second-order valence-corrected chi connectivity index (χ2v) is 5.47. The summed E-state index contributed by atoms with van der Waals surface area (Å²) in [5.41, 5.74) is 0. The molecule has 0 aromatic rings. The van der Waals surface area contributed by atoms with Crippen LogP contribution in [0.1, 0.15) is 46.5 Å². The van der Waals surface area contributed by atoms with E-state index < -0.39 is 0 Å². The zero-order valence-corrected chi connectivity index (χ0v) is 10.6. The SMILES string of the molecule is COC(C(C)C)C(O)C1CCCC(C)C1. The Bertz CT molecular complexity index is 179. The van der Waals surface area contributed by atoms with Crippen LogP contribution in [-0.4, -0.2) is 24.4 Å². The van der Waals surface area contributed by atoms with Gasteiger partial charge in [-0.25, -0.2) is 0 Å². The quantitative estimate of drug-likeness (QED) is 0.779. The molecule has 1 rings (SSSR count). The molecule has 0 heterocycles. The number of aliphatic hydroxyl groups excluding tert-OH is 1. The lowest BCUT2D eigenvalue weighted by Gasteiger charge is -2.35. The summed E-state index contributed by atoms with van der Waals surface area (Å²) in [4.78, 5) is 0. The molecular weight excluding hydrogens is 188 g/mol. The van der Waals surface area contributed by atoms with Crippen LogP contribution in [0.3, 0.4) is 0 Å². The summed E-state index contributed by atoms with van der Waals surface area (Å²) in [6, 6.07) is 0. The largest absolute Gasteiger partial charge is 0.390 e. The molecule has 0 radical (unpaired) electrons. The third-order valence-corrected chi connectivity index (χ3v) is 3.73. The summed E-state index contributed by atoms with van der Waals surface area (Å²) in [5.74, 6) is 1.60. The fraction of sp³-hybridized carbons (Fsp3) is 1.00. The molecule has 0 spiro atoms. The lowest BCUT2D eigenvalue weighted by atomic mass is 9.77. The van der Waals surface area contributed by atoms with E-state index in [4.69, 9.17) is 4.74 Å². The Morgan fingerprint density at radius 1 is 1.27 bits per heavy atom. The van der Waals surface area contributed by atoms with Gasteiger partial charge >= 0.3 is 0 Å². The van der Waals surface area contributed by atoms with Gasteiger partial charge in [-0.2, -0.15) is 0 Å². The van der Waals surface area contributed by atoms with Crippen molar-refractivity contribution in [2.75, 3.05) is 7.11 Å². The van der Waals surface area contributed by atoms with Gasteiger partial charge in [0.15, 0.2) is 0 Å². The summed E-state index contributed by atoms with van der Waals surface area (Å²) < 4.78 is 5.41. The molecule has 0 aromatic heterocycles. The summed E-state index contributed by atoms with van der Waals surface area (Å²) in [6.07, 6.45) is 4.63. The molecule has 0 amide bonds. The molecule has 4 unspecified atom stereocenters. The van der Waals surface area contributed by atoms with E-state index in [1.807, 2.05) is 0 Å². The van der Waals surface area contributed by atoms with E-state index in [1.165, 1.54) is 12.8 Å². The van der Waals surface area contributed by atoms with Gasteiger partial charge in [-0.05, 0) is 30.6 Å². The molecule has 1 N–H and O–H groups in total. The van der Waals surface area contributed by atoms with Crippen molar-refractivity contribution < 1.29 is 9.84 Å². The maximum absolute atomic E-state index is 10.3. The third kappa shape index (κ3) is 3.46. The highest BCUT2D eigenvalue weighted by atomic mass is 16.5. The first kappa shape index (κ1) is 13.0. The lowest BCUT2D eigenvalue weighted by molar-refractivity contribution is -0.0736. The monoisotopic (exact) mass is 214 g/mol. The molecule has 90 valence electrons. The summed E-state index contributed by atoms with van der Waals surface area (Å²) in [7, 11) is 1.71. The summed E-state index contributed by atoms with van der Waals surface area (Å²) in [5, 5.41) is 10.3. The number of methoxy groups -OCH3 is 1. The predicted molar refractivity (Wildman–Crippen MR) is 62.8 cm³/mol. The van der Waals surface area contributed by atoms with E-state index >= 15 is 0 Å². The minimum absolute atomic E-state index is 0.000278. The molecule has 0 aromatic carbocycles. The molecule has 1 fully saturated rings. The second-order valence-electron chi connectivity index (χ2n) is 5.47. The molecule has 0 saturated heterocycles. The van der Waals surface area contributed by atoms with Gasteiger partial charge in [0.1, 0.15) is 0 Å². The van der Waals surface area contributed by atoms with Crippen LogP contribution in [0, 0.1) is 17.8 Å². The van der Waals surface area contributed by atoms with E-state index in [0.29, 0.717) is 11.8 Å². The molecule has 4 atom stereocenters. The smallest absolute Gasteiger partial charge is 0.0855 e. The average molecular weight is 214 g/mol. The lowest BCUT2D eigenvalue weighted by Crippen LogP contribution is -2.40. The Morgan fingerprint density at radius 3 is 2.40 bits per heavy atom. The van der Waals surface area contributed by atoms with Crippen LogP contribution in [-0.2, 0) is 4.74 Å². The summed E-state index contributed by atoms with van der Waals surface area (Å²) >= 11 is 0. The topological polar surface area (TPSA) is 29.5 Å². The van der Waals surface area contributed by atoms with Crippen LogP contribution < -0.4 is 0 Å². The zero-order valence-electron chi connectivity index (χ0n) is 10.6. The first-order chi connectivity index (χ1) is 7.06. The molecule has 1 aliphatic carbocycles. The first-order valence-corrected chi connectivity index (χ1v) is 6.27. The summed E-state index contributed by atoms with van der Waals surface area (Å²) in [6.45, 7) is 6.52. The maximum atomic E-state index is 10.3. The number of hydrogen-bond donors (Lipinski definition) is 1. The van der Waals surface area contributed by atoms with Gasteiger partial charge in [0.2, 0.25) is 0 Å². The van der Waals surface area contributed by atoms with Gasteiger partial charge in [0, 0.05) is 7.11 Å². The molecule has 15 heavy (non-hydrogen) atoms. The van der Waals surface area contributed by atoms with Crippen molar-refractivity contribution in [2.24, 2.45) is 17.8 Å². The van der Waals surface area contributed by atoms with Gasteiger partial charge in [0.25, 0.3) is 0 Å². The van der Waals surface area contributed by atoms with Gasteiger partial charge in [-0.1, -0.05) is 33.6 Å². The van der Waals surface area contributed by atoms with E-state index in [1.54, 1.807) is 7.11 Å². The van der Waals surface area contributed by atoms with Crippen LogP contribution in [0.2, 0.25) is 0 Å². The number of ether oxygens (including phenoxy) is 1. The van der Waals surface area contributed by atoms with Crippen LogP contribution >= 0.6 is 0 Å². The number of rotatable bonds is 4. The average Bonchev–Trinajstić information content (AvgIpc) is 2.18.